The summed E-state index contributed by atoms with van der Waals surface area (Å²) in [7, 11) is 9.75. The molecule has 0 aliphatic heterocycles. The van der Waals surface area contributed by atoms with Crippen LogP contribution in [0.5, 0.6) is 0 Å². The molecule has 32 heavy (non-hydrogen) atoms. The van der Waals surface area contributed by atoms with Gasteiger partial charge in [0.05, 0.1) is 13.2 Å². The second-order valence-corrected chi connectivity index (χ2v) is 12.3. The fourth-order valence-corrected chi connectivity index (χ4v) is 3.61. The molecule has 0 saturated heterocycles. The van der Waals surface area contributed by atoms with Gasteiger partial charge < -0.3 is 20.9 Å². The van der Waals surface area contributed by atoms with E-state index in [9.17, 15) is 0 Å². The Balaban J connectivity index is 0. The molecule has 0 rings (SSSR count). The predicted octanol–water partition coefficient (Wildman–Crippen LogP) is 7.58. The molecular weight excluding hydrogens is 626 g/mol. The number of halogens is 2. The van der Waals surface area contributed by atoms with Crippen molar-refractivity contribution in [3.63, 3.8) is 0 Å². The van der Waals surface area contributed by atoms with Crippen molar-refractivity contribution in [2.75, 3.05) is 39.5 Å². The van der Waals surface area contributed by atoms with E-state index in [1.807, 2.05) is 0 Å². The van der Waals surface area contributed by atoms with Gasteiger partial charge in [-0.2, -0.15) is 0 Å². The van der Waals surface area contributed by atoms with Gasteiger partial charge in [0.2, 0.25) is 0 Å². The topological polar surface area (TPSA) is 70.5 Å². The molecule has 4 nitrogen and oxygen atoms in total. The van der Waals surface area contributed by atoms with Crippen LogP contribution in [0.4, 0.5) is 0 Å². The summed E-state index contributed by atoms with van der Waals surface area (Å²) in [4.78, 5) is 0. The van der Waals surface area contributed by atoms with Gasteiger partial charge in [0, 0.05) is 31.7 Å². The van der Waals surface area contributed by atoms with Crippen LogP contribution in [0, 0.1) is 5.41 Å². The number of unbranched alkanes of at least 4 members (excludes halogenated alkanes) is 14. The second kappa shape index (κ2) is 30.1. The Labute approximate surface area is 217 Å². The van der Waals surface area contributed by atoms with Gasteiger partial charge in [-0.05, 0) is 12.8 Å². The van der Waals surface area contributed by atoms with E-state index < -0.39 is 16.5 Å². The minimum atomic E-state index is -0.472. The first kappa shape index (κ1) is 35.3. The van der Waals surface area contributed by atoms with Crippen LogP contribution in [-0.2, 0) is 26.0 Å². The quantitative estimate of drug-likeness (QED) is 0.103. The summed E-state index contributed by atoms with van der Waals surface area (Å²) in [5.41, 5.74) is 11.8. The monoisotopic (exact) mass is 679 g/mol. The van der Waals surface area contributed by atoms with Crippen molar-refractivity contribution in [3.05, 3.63) is 0 Å². The molecule has 0 aliphatic carbocycles. The maximum atomic E-state index is 6.02. The van der Waals surface area contributed by atoms with Crippen LogP contribution in [0.3, 0.4) is 0 Å². The van der Waals surface area contributed by atoms with Crippen LogP contribution in [-0.4, -0.2) is 39.5 Å². The van der Waals surface area contributed by atoms with Crippen molar-refractivity contribution >= 4 is 18.8 Å². The van der Waals surface area contributed by atoms with Crippen molar-refractivity contribution in [1.29, 1.82) is 0 Å². The molecule has 0 bridgehead atoms. The zero-order valence-electron chi connectivity index (χ0n) is 21.1. The van der Waals surface area contributed by atoms with Crippen molar-refractivity contribution < 1.29 is 26.0 Å². The summed E-state index contributed by atoms with van der Waals surface area (Å²) >= 11 is -0.472. The van der Waals surface area contributed by atoms with Crippen LogP contribution >= 0.6 is 18.8 Å². The van der Waals surface area contributed by atoms with Gasteiger partial charge in [-0.15, -0.1) is 0 Å². The molecule has 0 aromatic carbocycles. The van der Waals surface area contributed by atoms with Gasteiger partial charge in [0.1, 0.15) is 0 Å². The molecule has 0 saturated carbocycles. The Morgan fingerprint density at radius 1 is 0.562 bits per heavy atom. The normalized spacial score (nSPS) is 11.6. The van der Waals surface area contributed by atoms with E-state index in [0.717, 1.165) is 26.1 Å². The zero-order valence-corrected chi connectivity index (χ0v) is 24.9. The third-order valence-electron chi connectivity index (χ3n) is 5.97. The van der Waals surface area contributed by atoms with Crippen LogP contribution in [0.15, 0.2) is 0 Å². The third-order valence-corrected chi connectivity index (χ3v) is 5.97. The fourth-order valence-electron chi connectivity index (χ4n) is 3.61. The SMILES string of the molecule is CCCCCCCCCCOCC(CN)(CN)COCCCCCCCCCC.[Cl][Pt][Cl]. The molecule has 0 radical (unpaired) electrons. The number of hydrogen-bond donors (Lipinski definition) is 2. The number of hydrogen-bond acceptors (Lipinski definition) is 4. The molecule has 0 aromatic rings. The first-order chi connectivity index (χ1) is 15.7. The van der Waals surface area contributed by atoms with Crippen molar-refractivity contribution in [2.45, 2.75) is 117 Å². The van der Waals surface area contributed by atoms with E-state index in [1.165, 1.54) is 89.9 Å². The number of ether oxygens (including phenoxy) is 2. The summed E-state index contributed by atoms with van der Waals surface area (Å²) in [5.74, 6) is 0. The standard InChI is InChI=1S/C25H54N2O2.2ClH.Pt/c1-3-5-7-9-11-13-15-17-19-28-23-25(21-26,22-27)24-29-20-18-16-14-12-10-8-6-4-2;;;/h3-24,26-27H2,1-2H3;2*1H;/q;;;+2/p-2. The van der Waals surface area contributed by atoms with E-state index >= 15 is 0 Å². The average Bonchev–Trinajstić information content (AvgIpc) is 2.81. The Bertz CT molecular complexity index is 313. The van der Waals surface area contributed by atoms with E-state index in [1.54, 1.807) is 0 Å². The van der Waals surface area contributed by atoms with Crippen LogP contribution < -0.4 is 11.5 Å². The summed E-state index contributed by atoms with van der Waals surface area (Å²) in [6.07, 6.45) is 21.1. The van der Waals surface area contributed by atoms with Gasteiger partial charge >= 0.3 is 35.3 Å². The van der Waals surface area contributed by atoms with Crippen molar-refractivity contribution in [1.82, 2.24) is 0 Å². The van der Waals surface area contributed by atoms with Crippen LogP contribution in [0.25, 0.3) is 0 Å². The van der Waals surface area contributed by atoms with E-state index in [2.05, 4.69) is 13.8 Å². The van der Waals surface area contributed by atoms with E-state index in [0.29, 0.717) is 26.3 Å². The van der Waals surface area contributed by atoms with Crippen LogP contribution in [0.2, 0.25) is 0 Å². The van der Waals surface area contributed by atoms with Gasteiger partial charge in [0.15, 0.2) is 0 Å². The Morgan fingerprint density at radius 3 is 1.12 bits per heavy atom. The molecule has 4 N–H and O–H groups in total. The predicted molar refractivity (Wildman–Crippen MR) is 139 cm³/mol. The molecule has 0 aliphatic rings. The number of rotatable bonds is 24. The van der Waals surface area contributed by atoms with Gasteiger partial charge in [-0.3, -0.25) is 0 Å². The Morgan fingerprint density at radius 2 is 0.844 bits per heavy atom. The third kappa shape index (κ3) is 25.7. The molecule has 200 valence electrons. The molecule has 0 aromatic heterocycles. The fraction of sp³-hybridized carbons (Fsp3) is 1.00. The van der Waals surface area contributed by atoms with Crippen molar-refractivity contribution in [3.8, 4) is 0 Å². The van der Waals surface area contributed by atoms with Gasteiger partial charge in [-0.1, -0.05) is 104 Å². The first-order valence-electron chi connectivity index (χ1n) is 13.0. The average molecular weight is 681 g/mol. The summed E-state index contributed by atoms with van der Waals surface area (Å²) in [6.45, 7) is 8.45. The molecule has 7 heteroatoms. The van der Waals surface area contributed by atoms with E-state index in [-0.39, 0.29) is 5.41 Å². The molecular formula is C25H54Cl2N2O2Pt. The number of nitrogens with two attached hydrogens (primary N) is 2. The maximum absolute atomic E-state index is 6.02. The molecule has 0 amide bonds. The van der Waals surface area contributed by atoms with Crippen molar-refractivity contribution in [2.24, 2.45) is 16.9 Å². The minimum absolute atomic E-state index is 0.222. The molecule has 0 spiro atoms. The summed E-state index contributed by atoms with van der Waals surface area (Å²) < 4.78 is 11.9. The summed E-state index contributed by atoms with van der Waals surface area (Å²) in [6, 6.07) is 0. The second-order valence-electron chi connectivity index (χ2n) is 9.01. The van der Waals surface area contributed by atoms with Gasteiger partial charge in [0.25, 0.3) is 0 Å². The molecule has 0 heterocycles. The summed E-state index contributed by atoms with van der Waals surface area (Å²) in [5, 5.41) is 0. The van der Waals surface area contributed by atoms with Gasteiger partial charge in [-0.25, -0.2) is 0 Å². The van der Waals surface area contributed by atoms with E-state index in [4.69, 9.17) is 39.8 Å². The molecule has 0 fully saturated rings. The first-order valence-corrected chi connectivity index (χ1v) is 18.7. The molecule has 0 unspecified atom stereocenters. The Kier molecular flexibility index (Phi) is 33.2. The zero-order chi connectivity index (χ0) is 24.2. The van der Waals surface area contributed by atoms with Crippen LogP contribution in [0.1, 0.15) is 117 Å². The Hall–Kier alpha value is 1.11. The molecule has 0 atom stereocenters.